The number of hydrogen-bond acceptors (Lipinski definition) is 3. The van der Waals surface area contributed by atoms with Gasteiger partial charge in [-0.1, -0.05) is 25.3 Å². The lowest BCUT2D eigenvalue weighted by Crippen LogP contribution is -2.34. The zero-order valence-corrected chi connectivity index (χ0v) is 12.1. The minimum Gasteiger partial charge on any atom is -0.497 e. The Hall–Kier alpha value is -0.670. The van der Waals surface area contributed by atoms with Crippen molar-refractivity contribution in [3.8, 4) is 5.75 Å². The maximum Gasteiger partial charge on any atom is 0.119 e. The lowest BCUT2D eigenvalue weighted by atomic mass is 10.1. The number of benzene rings is 1. The maximum absolute atomic E-state index is 5.29. The molecule has 0 amide bonds. The molecule has 0 spiro atoms. The molecule has 1 saturated carbocycles. The van der Waals surface area contributed by atoms with E-state index in [4.69, 9.17) is 4.74 Å². The summed E-state index contributed by atoms with van der Waals surface area (Å²) in [5.41, 5.74) is 0. The Morgan fingerprint density at radius 1 is 1.22 bits per heavy atom. The molecule has 100 valence electrons. The molecule has 2 rings (SSSR count). The fraction of sp³-hybridized carbons (Fsp3) is 0.600. The van der Waals surface area contributed by atoms with Gasteiger partial charge in [0.25, 0.3) is 0 Å². The monoisotopic (exact) mass is 265 g/mol. The average Bonchev–Trinajstić information content (AvgIpc) is 2.64. The third-order valence-corrected chi connectivity index (χ3v) is 5.05. The standard InChI is InChI=1S/C15H23NOS/c1-16-14-9-4-3-5-10-15(14)18-13-8-6-7-12(11-13)17-2/h6-8,11,14-16H,3-5,9-10H2,1-2H3. The van der Waals surface area contributed by atoms with Gasteiger partial charge in [-0.05, 0) is 38.1 Å². The van der Waals surface area contributed by atoms with Gasteiger partial charge in [0, 0.05) is 16.2 Å². The molecular weight excluding hydrogens is 242 g/mol. The molecule has 1 aromatic carbocycles. The van der Waals surface area contributed by atoms with Gasteiger partial charge in [-0.15, -0.1) is 11.8 Å². The van der Waals surface area contributed by atoms with Crippen LogP contribution in [0, 0.1) is 0 Å². The summed E-state index contributed by atoms with van der Waals surface area (Å²) >= 11 is 2.00. The van der Waals surface area contributed by atoms with Crippen molar-refractivity contribution in [1.29, 1.82) is 0 Å². The highest BCUT2D eigenvalue weighted by molar-refractivity contribution is 8.00. The van der Waals surface area contributed by atoms with Crippen LogP contribution >= 0.6 is 11.8 Å². The van der Waals surface area contributed by atoms with E-state index in [1.807, 2.05) is 17.8 Å². The fourth-order valence-electron chi connectivity index (χ4n) is 2.59. The first-order chi connectivity index (χ1) is 8.83. The van der Waals surface area contributed by atoms with Gasteiger partial charge in [-0.2, -0.15) is 0 Å². The first-order valence-electron chi connectivity index (χ1n) is 6.81. The van der Waals surface area contributed by atoms with E-state index in [9.17, 15) is 0 Å². The van der Waals surface area contributed by atoms with E-state index in [0.29, 0.717) is 11.3 Å². The Morgan fingerprint density at radius 3 is 2.83 bits per heavy atom. The normalized spacial score (nSPS) is 24.6. The smallest absolute Gasteiger partial charge is 0.119 e. The largest absolute Gasteiger partial charge is 0.497 e. The molecule has 2 atom stereocenters. The van der Waals surface area contributed by atoms with E-state index in [1.165, 1.54) is 37.0 Å². The highest BCUT2D eigenvalue weighted by Crippen LogP contribution is 2.34. The summed E-state index contributed by atoms with van der Waals surface area (Å²) in [5.74, 6) is 0.953. The number of rotatable bonds is 4. The first kappa shape index (κ1) is 13.8. The Morgan fingerprint density at radius 2 is 2.06 bits per heavy atom. The van der Waals surface area contributed by atoms with E-state index in [0.717, 1.165) is 5.75 Å². The van der Waals surface area contributed by atoms with Crippen LogP contribution in [0.15, 0.2) is 29.2 Å². The maximum atomic E-state index is 5.29. The molecule has 2 nitrogen and oxygen atoms in total. The number of ether oxygens (including phenoxy) is 1. The number of nitrogens with one attached hydrogen (secondary N) is 1. The van der Waals surface area contributed by atoms with Crippen LogP contribution in [0.1, 0.15) is 32.1 Å². The van der Waals surface area contributed by atoms with Gasteiger partial charge in [0.2, 0.25) is 0 Å². The Bertz CT molecular complexity index is 369. The van der Waals surface area contributed by atoms with Crippen molar-refractivity contribution < 1.29 is 4.74 Å². The SMILES string of the molecule is CNC1CCCCCC1Sc1cccc(OC)c1. The predicted octanol–water partition coefficient (Wildman–Crippen LogP) is 3.71. The second-order valence-electron chi connectivity index (χ2n) is 4.87. The van der Waals surface area contributed by atoms with Crippen molar-refractivity contribution in [2.24, 2.45) is 0 Å². The van der Waals surface area contributed by atoms with Crippen molar-refractivity contribution in [2.75, 3.05) is 14.2 Å². The van der Waals surface area contributed by atoms with Gasteiger partial charge in [0.1, 0.15) is 5.75 Å². The van der Waals surface area contributed by atoms with Crippen LogP contribution < -0.4 is 10.1 Å². The number of methoxy groups -OCH3 is 1. The van der Waals surface area contributed by atoms with Crippen molar-refractivity contribution in [2.45, 2.75) is 48.3 Å². The third kappa shape index (κ3) is 3.66. The van der Waals surface area contributed by atoms with E-state index < -0.39 is 0 Å². The van der Waals surface area contributed by atoms with Gasteiger partial charge < -0.3 is 10.1 Å². The predicted molar refractivity (Wildman–Crippen MR) is 78.6 cm³/mol. The van der Waals surface area contributed by atoms with E-state index in [1.54, 1.807) is 7.11 Å². The minimum atomic E-state index is 0.642. The summed E-state index contributed by atoms with van der Waals surface area (Å²) in [6, 6.07) is 9.05. The molecule has 1 N–H and O–H groups in total. The number of thioether (sulfide) groups is 1. The van der Waals surface area contributed by atoms with Gasteiger partial charge in [-0.3, -0.25) is 0 Å². The summed E-state index contributed by atoms with van der Waals surface area (Å²) in [4.78, 5) is 1.32. The molecule has 2 unspecified atom stereocenters. The molecule has 0 heterocycles. The average molecular weight is 265 g/mol. The molecule has 0 aliphatic heterocycles. The van der Waals surface area contributed by atoms with Crippen LogP contribution in [0.2, 0.25) is 0 Å². The van der Waals surface area contributed by atoms with Crippen LogP contribution in [-0.2, 0) is 0 Å². The first-order valence-corrected chi connectivity index (χ1v) is 7.69. The van der Waals surface area contributed by atoms with E-state index >= 15 is 0 Å². The summed E-state index contributed by atoms with van der Waals surface area (Å²) < 4.78 is 5.29. The van der Waals surface area contributed by atoms with Crippen LogP contribution in [-0.4, -0.2) is 25.4 Å². The minimum absolute atomic E-state index is 0.642. The van der Waals surface area contributed by atoms with Crippen LogP contribution in [0.3, 0.4) is 0 Å². The highest BCUT2D eigenvalue weighted by Gasteiger charge is 2.23. The van der Waals surface area contributed by atoms with Gasteiger partial charge in [-0.25, -0.2) is 0 Å². The zero-order chi connectivity index (χ0) is 12.8. The molecule has 1 aliphatic carbocycles. The van der Waals surface area contributed by atoms with Crippen LogP contribution in [0.25, 0.3) is 0 Å². The molecule has 3 heteroatoms. The third-order valence-electron chi connectivity index (χ3n) is 3.65. The van der Waals surface area contributed by atoms with Crippen molar-refractivity contribution in [3.05, 3.63) is 24.3 Å². The molecule has 1 aromatic rings. The van der Waals surface area contributed by atoms with Crippen molar-refractivity contribution in [3.63, 3.8) is 0 Å². The van der Waals surface area contributed by atoms with Crippen molar-refractivity contribution >= 4 is 11.8 Å². The Kier molecular flexibility index (Phi) is 5.39. The number of hydrogen-bond donors (Lipinski definition) is 1. The summed E-state index contributed by atoms with van der Waals surface area (Å²) in [7, 11) is 3.82. The molecule has 1 aliphatic rings. The van der Waals surface area contributed by atoms with Crippen molar-refractivity contribution in [1.82, 2.24) is 5.32 Å². The lowest BCUT2D eigenvalue weighted by Gasteiger charge is -2.24. The molecule has 0 saturated heterocycles. The van der Waals surface area contributed by atoms with Gasteiger partial charge in [0.05, 0.1) is 7.11 Å². The van der Waals surface area contributed by atoms with E-state index in [2.05, 4.69) is 30.6 Å². The quantitative estimate of drug-likeness (QED) is 0.839. The van der Waals surface area contributed by atoms with Gasteiger partial charge >= 0.3 is 0 Å². The Balaban J connectivity index is 2.05. The molecule has 0 aromatic heterocycles. The Labute approximate surface area is 114 Å². The molecular formula is C15H23NOS. The van der Waals surface area contributed by atoms with Crippen LogP contribution in [0.5, 0.6) is 5.75 Å². The lowest BCUT2D eigenvalue weighted by molar-refractivity contribution is 0.413. The summed E-state index contributed by atoms with van der Waals surface area (Å²) in [5, 5.41) is 4.18. The van der Waals surface area contributed by atoms with E-state index in [-0.39, 0.29) is 0 Å². The second kappa shape index (κ2) is 7.05. The molecule has 0 radical (unpaired) electrons. The summed E-state index contributed by atoms with van der Waals surface area (Å²) in [6.45, 7) is 0. The topological polar surface area (TPSA) is 21.3 Å². The zero-order valence-electron chi connectivity index (χ0n) is 11.3. The van der Waals surface area contributed by atoms with Gasteiger partial charge in [0.15, 0.2) is 0 Å². The molecule has 18 heavy (non-hydrogen) atoms. The second-order valence-corrected chi connectivity index (χ2v) is 6.18. The highest BCUT2D eigenvalue weighted by atomic mass is 32.2. The summed E-state index contributed by atoms with van der Waals surface area (Å²) in [6.07, 6.45) is 6.72. The fourth-order valence-corrected chi connectivity index (χ4v) is 4.01. The van der Waals surface area contributed by atoms with Crippen LogP contribution in [0.4, 0.5) is 0 Å². The molecule has 0 bridgehead atoms. The molecule has 1 fully saturated rings.